The molecule has 2 fully saturated rings. The number of carbonyl (C=O) groups is 2. The molecule has 1 aliphatic carbocycles. The van der Waals surface area contributed by atoms with Crippen molar-refractivity contribution in [3.8, 4) is 0 Å². The summed E-state index contributed by atoms with van der Waals surface area (Å²) in [6, 6.07) is 1.42. The quantitative estimate of drug-likeness (QED) is 0.839. The van der Waals surface area contributed by atoms with Crippen LogP contribution in [0.3, 0.4) is 0 Å². The Kier molecular flexibility index (Phi) is 3.03. The van der Waals surface area contributed by atoms with E-state index in [4.69, 9.17) is 4.52 Å². The highest BCUT2D eigenvalue weighted by molar-refractivity contribution is 6.07. The van der Waals surface area contributed by atoms with Gasteiger partial charge in [-0.05, 0) is 25.7 Å². The fourth-order valence-corrected chi connectivity index (χ4v) is 3.29. The number of rotatable bonds is 2. The van der Waals surface area contributed by atoms with E-state index < -0.39 is 5.54 Å². The molecule has 1 saturated heterocycles. The summed E-state index contributed by atoms with van der Waals surface area (Å²) in [4.78, 5) is 26.1. The van der Waals surface area contributed by atoms with Gasteiger partial charge in [0.05, 0.1) is 12.2 Å². The van der Waals surface area contributed by atoms with Gasteiger partial charge in [0.2, 0.25) is 0 Å². The number of nitrogens with zero attached hydrogens (tertiary/aromatic N) is 2. The zero-order chi connectivity index (χ0) is 14.3. The predicted molar refractivity (Wildman–Crippen MR) is 70.7 cm³/mol. The van der Waals surface area contributed by atoms with Crippen LogP contribution in [-0.4, -0.2) is 27.5 Å². The standard InChI is InChI=1S/C14H19N3O3/c1-9-5-3-4-6-14(9)12(18)17(13(19)15-14)8-11-7-10(2)16-20-11/h7,9H,3-6,8H2,1-2H3,(H,15,19)/t9-,14-/m1/s1. The van der Waals surface area contributed by atoms with E-state index in [1.165, 1.54) is 4.90 Å². The van der Waals surface area contributed by atoms with E-state index in [0.717, 1.165) is 31.4 Å². The second-order valence-electron chi connectivity index (χ2n) is 5.87. The van der Waals surface area contributed by atoms with Gasteiger partial charge in [0.25, 0.3) is 5.91 Å². The van der Waals surface area contributed by atoms with Crippen molar-refractivity contribution in [3.63, 3.8) is 0 Å². The first-order valence-electron chi connectivity index (χ1n) is 7.09. The molecule has 1 spiro atoms. The second kappa shape index (κ2) is 4.61. The maximum Gasteiger partial charge on any atom is 0.325 e. The Morgan fingerprint density at radius 1 is 1.50 bits per heavy atom. The van der Waals surface area contributed by atoms with Crippen LogP contribution in [0.1, 0.15) is 44.1 Å². The van der Waals surface area contributed by atoms with E-state index >= 15 is 0 Å². The minimum absolute atomic E-state index is 0.122. The van der Waals surface area contributed by atoms with Crippen molar-refractivity contribution in [2.75, 3.05) is 0 Å². The van der Waals surface area contributed by atoms with E-state index in [9.17, 15) is 9.59 Å². The van der Waals surface area contributed by atoms with Crippen molar-refractivity contribution < 1.29 is 14.1 Å². The Morgan fingerprint density at radius 3 is 2.95 bits per heavy atom. The molecule has 1 aromatic rings. The van der Waals surface area contributed by atoms with Crippen molar-refractivity contribution in [2.45, 2.75) is 51.6 Å². The smallest absolute Gasteiger partial charge is 0.325 e. The second-order valence-corrected chi connectivity index (χ2v) is 5.87. The van der Waals surface area contributed by atoms with E-state index in [2.05, 4.69) is 10.5 Å². The number of aryl methyl sites for hydroxylation is 1. The summed E-state index contributed by atoms with van der Waals surface area (Å²) >= 11 is 0. The molecule has 1 aliphatic heterocycles. The third-order valence-electron chi connectivity index (χ3n) is 4.49. The first-order valence-corrected chi connectivity index (χ1v) is 7.09. The van der Waals surface area contributed by atoms with Gasteiger partial charge >= 0.3 is 6.03 Å². The number of hydrogen-bond donors (Lipinski definition) is 1. The normalized spacial score (nSPS) is 30.1. The fourth-order valence-electron chi connectivity index (χ4n) is 3.29. The predicted octanol–water partition coefficient (Wildman–Crippen LogP) is 1.98. The molecule has 3 rings (SSSR count). The average molecular weight is 277 g/mol. The molecule has 20 heavy (non-hydrogen) atoms. The molecular weight excluding hydrogens is 258 g/mol. The van der Waals surface area contributed by atoms with Gasteiger partial charge in [-0.2, -0.15) is 0 Å². The Hall–Kier alpha value is -1.85. The van der Waals surface area contributed by atoms with E-state index in [1.54, 1.807) is 6.07 Å². The van der Waals surface area contributed by atoms with Crippen LogP contribution >= 0.6 is 0 Å². The highest BCUT2D eigenvalue weighted by Crippen LogP contribution is 2.38. The van der Waals surface area contributed by atoms with Crippen LogP contribution in [-0.2, 0) is 11.3 Å². The third-order valence-corrected chi connectivity index (χ3v) is 4.49. The van der Waals surface area contributed by atoms with Crippen molar-refractivity contribution in [2.24, 2.45) is 5.92 Å². The summed E-state index contributed by atoms with van der Waals surface area (Å²) < 4.78 is 5.10. The summed E-state index contributed by atoms with van der Waals surface area (Å²) in [5, 5.41) is 6.70. The first-order chi connectivity index (χ1) is 9.53. The van der Waals surface area contributed by atoms with Gasteiger partial charge in [-0.15, -0.1) is 0 Å². The number of imide groups is 1. The number of nitrogens with one attached hydrogen (secondary N) is 1. The number of hydrogen-bond acceptors (Lipinski definition) is 4. The molecule has 2 heterocycles. The lowest BCUT2D eigenvalue weighted by Gasteiger charge is -2.36. The molecule has 0 unspecified atom stereocenters. The molecule has 6 heteroatoms. The Bertz CT molecular complexity index is 554. The molecule has 108 valence electrons. The van der Waals surface area contributed by atoms with Crippen molar-refractivity contribution in [1.29, 1.82) is 0 Å². The van der Waals surface area contributed by atoms with Crippen LogP contribution in [0.15, 0.2) is 10.6 Å². The van der Waals surface area contributed by atoms with E-state index in [1.807, 2.05) is 13.8 Å². The van der Waals surface area contributed by atoms with E-state index in [-0.39, 0.29) is 24.4 Å². The molecule has 2 atom stereocenters. The average Bonchev–Trinajstić information content (AvgIpc) is 2.92. The number of amides is 3. The lowest BCUT2D eigenvalue weighted by Crippen LogP contribution is -2.53. The summed E-state index contributed by atoms with van der Waals surface area (Å²) in [5.74, 6) is 0.587. The molecule has 1 aromatic heterocycles. The largest absolute Gasteiger partial charge is 0.359 e. The van der Waals surface area contributed by atoms with Crippen LogP contribution in [0.5, 0.6) is 0 Å². The van der Waals surface area contributed by atoms with Crippen molar-refractivity contribution in [1.82, 2.24) is 15.4 Å². The van der Waals surface area contributed by atoms with Crippen LogP contribution in [0.25, 0.3) is 0 Å². The van der Waals surface area contributed by atoms with Gasteiger partial charge in [-0.1, -0.05) is 24.9 Å². The van der Waals surface area contributed by atoms with Gasteiger partial charge in [0.15, 0.2) is 5.76 Å². The summed E-state index contributed by atoms with van der Waals surface area (Å²) in [6.45, 7) is 4.00. The molecule has 3 amide bonds. The fraction of sp³-hybridized carbons (Fsp3) is 0.643. The topological polar surface area (TPSA) is 75.4 Å². The highest BCUT2D eigenvalue weighted by atomic mass is 16.5. The first kappa shape index (κ1) is 13.1. The monoisotopic (exact) mass is 277 g/mol. The maximum atomic E-state index is 12.7. The Labute approximate surface area is 117 Å². The molecule has 1 saturated carbocycles. The molecular formula is C14H19N3O3. The molecule has 0 bridgehead atoms. The zero-order valence-corrected chi connectivity index (χ0v) is 11.8. The minimum atomic E-state index is -0.704. The van der Waals surface area contributed by atoms with Crippen LogP contribution in [0, 0.1) is 12.8 Å². The lowest BCUT2D eigenvalue weighted by molar-refractivity contribution is -0.134. The summed E-state index contributed by atoms with van der Waals surface area (Å²) in [6.07, 6.45) is 3.80. The van der Waals surface area contributed by atoms with Gasteiger partial charge in [0.1, 0.15) is 5.54 Å². The SMILES string of the molecule is Cc1cc(CN2C(=O)N[C@@]3(CCCC[C@H]3C)C2=O)on1. The molecule has 0 radical (unpaired) electrons. The number of carbonyl (C=O) groups excluding carboxylic acids is 2. The zero-order valence-electron chi connectivity index (χ0n) is 11.8. The van der Waals surface area contributed by atoms with Crippen molar-refractivity contribution in [3.05, 3.63) is 17.5 Å². The Balaban J connectivity index is 1.83. The molecule has 0 aromatic carbocycles. The van der Waals surface area contributed by atoms with Crippen LogP contribution < -0.4 is 5.32 Å². The van der Waals surface area contributed by atoms with E-state index in [0.29, 0.717) is 5.76 Å². The molecule has 1 N–H and O–H groups in total. The summed E-state index contributed by atoms with van der Waals surface area (Å²) in [5.41, 5.74) is 0.0394. The van der Waals surface area contributed by atoms with Gasteiger partial charge in [-0.3, -0.25) is 9.69 Å². The highest BCUT2D eigenvalue weighted by Gasteiger charge is 2.54. The number of urea groups is 1. The van der Waals surface area contributed by atoms with Crippen LogP contribution in [0.2, 0.25) is 0 Å². The van der Waals surface area contributed by atoms with Crippen molar-refractivity contribution >= 4 is 11.9 Å². The van der Waals surface area contributed by atoms with Gasteiger partial charge < -0.3 is 9.84 Å². The van der Waals surface area contributed by atoms with Crippen LogP contribution in [0.4, 0.5) is 4.79 Å². The summed E-state index contributed by atoms with van der Waals surface area (Å²) in [7, 11) is 0. The lowest BCUT2D eigenvalue weighted by atomic mass is 9.73. The number of aromatic nitrogens is 1. The maximum absolute atomic E-state index is 12.7. The minimum Gasteiger partial charge on any atom is -0.359 e. The van der Waals surface area contributed by atoms with Gasteiger partial charge in [0, 0.05) is 6.07 Å². The molecule has 6 nitrogen and oxygen atoms in total. The van der Waals surface area contributed by atoms with Gasteiger partial charge in [-0.25, -0.2) is 4.79 Å². The Morgan fingerprint density at radius 2 is 2.30 bits per heavy atom. The molecule has 2 aliphatic rings. The third kappa shape index (κ3) is 1.90.